The Bertz CT molecular complexity index is 1080. The van der Waals surface area contributed by atoms with Crippen molar-refractivity contribution in [1.29, 1.82) is 0 Å². The molecule has 8 nitrogen and oxygen atoms in total. The van der Waals surface area contributed by atoms with E-state index in [2.05, 4.69) is 23.7 Å². The molecular formula is C25H32N6O2. The van der Waals surface area contributed by atoms with Crippen LogP contribution in [0.3, 0.4) is 0 Å². The van der Waals surface area contributed by atoms with Gasteiger partial charge in [-0.1, -0.05) is 13.8 Å². The zero-order chi connectivity index (χ0) is 23.1. The standard InChI is InChI=1S/C25H32N6O2/c1-16(2)15-31-22(32)14-19-17(3)27-23(28-24(19)31)20-7-6-12-30(20)25(33)18-8-9-26-21(13-18)29-10-4-5-11-29/h8-9,13,16,20H,4-7,10-12,14-15H2,1-3H3/t20-/m0/s1. The number of carbonyl (C=O) groups is 2. The van der Waals surface area contributed by atoms with Crippen molar-refractivity contribution in [2.75, 3.05) is 36.0 Å². The Hall–Kier alpha value is -3.03. The molecule has 174 valence electrons. The van der Waals surface area contributed by atoms with Crippen LogP contribution < -0.4 is 9.80 Å². The summed E-state index contributed by atoms with van der Waals surface area (Å²) in [5, 5.41) is 0. The molecule has 1 atom stereocenters. The monoisotopic (exact) mass is 448 g/mol. The van der Waals surface area contributed by atoms with Crippen LogP contribution >= 0.6 is 0 Å². The van der Waals surface area contributed by atoms with Crippen LogP contribution in [0.4, 0.5) is 11.6 Å². The van der Waals surface area contributed by atoms with Crippen molar-refractivity contribution >= 4 is 23.5 Å². The second-order valence-electron chi connectivity index (χ2n) is 9.80. The first kappa shape index (κ1) is 21.8. The minimum Gasteiger partial charge on any atom is -0.357 e. The minimum absolute atomic E-state index is 0.00258. The van der Waals surface area contributed by atoms with E-state index in [-0.39, 0.29) is 17.9 Å². The van der Waals surface area contributed by atoms with Crippen molar-refractivity contribution in [2.24, 2.45) is 5.92 Å². The van der Waals surface area contributed by atoms with Crippen molar-refractivity contribution in [3.8, 4) is 0 Å². The summed E-state index contributed by atoms with van der Waals surface area (Å²) in [5.74, 6) is 2.68. The Morgan fingerprint density at radius 1 is 1.15 bits per heavy atom. The molecule has 33 heavy (non-hydrogen) atoms. The predicted molar refractivity (Wildman–Crippen MR) is 126 cm³/mol. The molecule has 3 aliphatic rings. The summed E-state index contributed by atoms with van der Waals surface area (Å²) in [5.41, 5.74) is 2.42. The number of fused-ring (bicyclic) bond motifs is 1. The quantitative estimate of drug-likeness (QED) is 0.698. The van der Waals surface area contributed by atoms with Crippen LogP contribution in [0.2, 0.25) is 0 Å². The fourth-order valence-corrected chi connectivity index (χ4v) is 5.21. The van der Waals surface area contributed by atoms with E-state index in [1.165, 1.54) is 12.8 Å². The average molecular weight is 449 g/mol. The average Bonchev–Trinajstić information content (AvgIpc) is 3.55. The lowest BCUT2D eigenvalue weighted by Crippen LogP contribution is -2.33. The predicted octanol–water partition coefficient (Wildman–Crippen LogP) is 3.30. The number of rotatable bonds is 5. The van der Waals surface area contributed by atoms with Crippen molar-refractivity contribution in [3.05, 3.63) is 41.0 Å². The number of likely N-dealkylation sites (tertiary alicyclic amines) is 1. The largest absolute Gasteiger partial charge is 0.357 e. The molecule has 8 heteroatoms. The number of hydrogen-bond acceptors (Lipinski definition) is 6. The minimum atomic E-state index is -0.179. The first-order chi connectivity index (χ1) is 15.9. The summed E-state index contributed by atoms with van der Waals surface area (Å²) in [7, 11) is 0. The number of aryl methyl sites for hydroxylation is 1. The van der Waals surface area contributed by atoms with Crippen molar-refractivity contribution in [3.63, 3.8) is 0 Å². The van der Waals surface area contributed by atoms with E-state index in [0.717, 1.165) is 48.8 Å². The lowest BCUT2D eigenvalue weighted by molar-refractivity contribution is -0.117. The van der Waals surface area contributed by atoms with Gasteiger partial charge in [-0.05, 0) is 50.7 Å². The third-order valence-corrected chi connectivity index (χ3v) is 6.88. The molecule has 2 saturated heterocycles. The topological polar surface area (TPSA) is 82.5 Å². The first-order valence-corrected chi connectivity index (χ1v) is 12.1. The summed E-state index contributed by atoms with van der Waals surface area (Å²) in [6.07, 6.45) is 6.16. The molecule has 2 aromatic rings. The zero-order valence-electron chi connectivity index (χ0n) is 19.8. The number of carbonyl (C=O) groups excluding carboxylic acids is 2. The Morgan fingerprint density at radius 3 is 2.70 bits per heavy atom. The number of nitrogens with zero attached hydrogens (tertiary/aromatic N) is 6. The third-order valence-electron chi connectivity index (χ3n) is 6.88. The normalized spacial score (nSPS) is 20.3. The van der Waals surface area contributed by atoms with Gasteiger partial charge < -0.3 is 9.80 Å². The van der Waals surface area contributed by atoms with E-state index in [0.29, 0.717) is 36.8 Å². The number of anilines is 2. The van der Waals surface area contributed by atoms with Gasteiger partial charge in [-0.25, -0.2) is 15.0 Å². The van der Waals surface area contributed by atoms with E-state index in [1.54, 1.807) is 17.2 Å². The molecule has 0 saturated carbocycles. The van der Waals surface area contributed by atoms with Gasteiger partial charge in [-0.3, -0.25) is 14.5 Å². The van der Waals surface area contributed by atoms with Crippen LogP contribution in [-0.2, 0) is 11.2 Å². The van der Waals surface area contributed by atoms with Crippen LogP contribution in [0, 0.1) is 12.8 Å². The van der Waals surface area contributed by atoms with Crippen LogP contribution in [0.5, 0.6) is 0 Å². The Kier molecular flexibility index (Phi) is 5.76. The molecule has 0 spiro atoms. The summed E-state index contributed by atoms with van der Waals surface area (Å²) < 4.78 is 0. The highest BCUT2D eigenvalue weighted by Gasteiger charge is 2.37. The Balaban J connectivity index is 1.43. The fourth-order valence-electron chi connectivity index (χ4n) is 5.21. The highest BCUT2D eigenvalue weighted by Crippen LogP contribution is 2.36. The Labute approximate surface area is 195 Å². The molecule has 2 aromatic heterocycles. The smallest absolute Gasteiger partial charge is 0.254 e. The lowest BCUT2D eigenvalue weighted by Gasteiger charge is -2.26. The van der Waals surface area contributed by atoms with E-state index < -0.39 is 0 Å². The van der Waals surface area contributed by atoms with Gasteiger partial charge in [-0.2, -0.15) is 0 Å². The molecule has 0 N–H and O–H groups in total. The zero-order valence-corrected chi connectivity index (χ0v) is 19.8. The second-order valence-corrected chi connectivity index (χ2v) is 9.80. The number of pyridine rings is 1. The lowest BCUT2D eigenvalue weighted by atomic mass is 10.1. The number of amides is 2. The summed E-state index contributed by atoms with van der Waals surface area (Å²) in [4.78, 5) is 46.2. The highest BCUT2D eigenvalue weighted by atomic mass is 16.2. The molecule has 3 aliphatic heterocycles. The molecule has 0 aliphatic carbocycles. The van der Waals surface area contributed by atoms with E-state index in [1.807, 2.05) is 17.9 Å². The summed E-state index contributed by atoms with van der Waals surface area (Å²) in [6, 6.07) is 3.54. The van der Waals surface area contributed by atoms with Crippen LogP contribution in [-0.4, -0.2) is 57.8 Å². The van der Waals surface area contributed by atoms with Gasteiger partial charge in [0.25, 0.3) is 5.91 Å². The highest BCUT2D eigenvalue weighted by molar-refractivity contribution is 6.00. The van der Waals surface area contributed by atoms with Crippen LogP contribution in [0.1, 0.15) is 73.0 Å². The van der Waals surface area contributed by atoms with Gasteiger partial charge in [0, 0.05) is 49.2 Å². The maximum absolute atomic E-state index is 13.5. The number of aromatic nitrogens is 3. The molecule has 0 radical (unpaired) electrons. The molecule has 0 bridgehead atoms. The molecule has 0 aromatic carbocycles. The van der Waals surface area contributed by atoms with Crippen LogP contribution in [0.25, 0.3) is 0 Å². The van der Waals surface area contributed by atoms with E-state index in [9.17, 15) is 9.59 Å². The third kappa shape index (κ3) is 4.07. The van der Waals surface area contributed by atoms with Crippen molar-refractivity contribution < 1.29 is 9.59 Å². The second kappa shape index (κ2) is 8.72. The van der Waals surface area contributed by atoms with E-state index >= 15 is 0 Å². The first-order valence-electron chi connectivity index (χ1n) is 12.1. The molecule has 0 unspecified atom stereocenters. The van der Waals surface area contributed by atoms with Gasteiger partial charge in [0.05, 0.1) is 12.5 Å². The van der Waals surface area contributed by atoms with E-state index in [4.69, 9.17) is 9.97 Å². The Morgan fingerprint density at radius 2 is 1.94 bits per heavy atom. The van der Waals surface area contributed by atoms with Gasteiger partial charge in [0.1, 0.15) is 11.6 Å². The maximum atomic E-state index is 13.5. The SMILES string of the molecule is Cc1nc([C@@H]2CCCN2C(=O)c2ccnc(N3CCCC3)c2)nc2c1CC(=O)N2CC(C)C. The maximum Gasteiger partial charge on any atom is 0.254 e. The molecule has 2 amide bonds. The number of hydrogen-bond donors (Lipinski definition) is 0. The summed E-state index contributed by atoms with van der Waals surface area (Å²) in [6.45, 7) is 9.45. The molecule has 5 rings (SSSR count). The fraction of sp³-hybridized carbons (Fsp3) is 0.560. The van der Waals surface area contributed by atoms with Crippen molar-refractivity contribution in [1.82, 2.24) is 19.9 Å². The van der Waals surface area contributed by atoms with Crippen molar-refractivity contribution in [2.45, 2.75) is 58.9 Å². The van der Waals surface area contributed by atoms with Gasteiger partial charge >= 0.3 is 0 Å². The molecule has 5 heterocycles. The molecule has 2 fully saturated rings. The molecular weight excluding hydrogens is 416 g/mol. The van der Waals surface area contributed by atoms with Gasteiger partial charge in [0.15, 0.2) is 5.82 Å². The summed E-state index contributed by atoms with van der Waals surface area (Å²) >= 11 is 0. The van der Waals surface area contributed by atoms with Gasteiger partial charge in [0.2, 0.25) is 5.91 Å². The van der Waals surface area contributed by atoms with Gasteiger partial charge in [-0.15, -0.1) is 0 Å². The van der Waals surface area contributed by atoms with Crippen LogP contribution in [0.15, 0.2) is 18.3 Å².